The molecule has 1 unspecified atom stereocenters. The van der Waals surface area contributed by atoms with Gasteiger partial charge in [0.05, 0.1) is 24.9 Å². The summed E-state index contributed by atoms with van der Waals surface area (Å²) < 4.78 is 11.1. The van der Waals surface area contributed by atoms with E-state index in [2.05, 4.69) is 0 Å². The molecule has 1 aromatic rings. The SMILES string of the molecule is NC(CO)(COC1CCOCC1)c1ccccc1. The highest BCUT2D eigenvalue weighted by atomic mass is 16.5. The molecule has 18 heavy (non-hydrogen) atoms. The highest BCUT2D eigenvalue weighted by Gasteiger charge is 2.28. The van der Waals surface area contributed by atoms with Gasteiger partial charge in [-0.1, -0.05) is 30.3 Å². The number of benzene rings is 1. The van der Waals surface area contributed by atoms with Crippen LogP contribution in [0.2, 0.25) is 0 Å². The predicted octanol–water partition coefficient (Wildman–Crippen LogP) is 1.03. The monoisotopic (exact) mass is 251 g/mol. The number of hydrogen-bond donors (Lipinski definition) is 2. The van der Waals surface area contributed by atoms with Gasteiger partial charge in [0.1, 0.15) is 0 Å². The number of aliphatic hydroxyl groups is 1. The van der Waals surface area contributed by atoms with Crippen LogP contribution in [0.1, 0.15) is 18.4 Å². The molecule has 1 aromatic carbocycles. The first-order valence-electron chi connectivity index (χ1n) is 6.39. The molecule has 1 saturated heterocycles. The van der Waals surface area contributed by atoms with Gasteiger partial charge in [-0.15, -0.1) is 0 Å². The number of aliphatic hydroxyl groups excluding tert-OH is 1. The second-order valence-electron chi connectivity index (χ2n) is 4.80. The molecular formula is C14H21NO3. The molecule has 100 valence electrons. The van der Waals surface area contributed by atoms with Crippen molar-refractivity contribution >= 4 is 0 Å². The smallest absolute Gasteiger partial charge is 0.0881 e. The van der Waals surface area contributed by atoms with E-state index in [1.54, 1.807) is 0 Å². The highest BCUT2D eigenvalue weighted by molar-refractivity contribution is 5.24. The van der Waals surface area contributed by atoms with Crippen LogP contribution in [0.15, 0.2) is 30.3 Å². The molecule has 0 spiro atoms. The third-order valence-corrected chi connectivity index (χ3v) is 3.38. The summed E-state index contributed by atoms with van der Waals surface area (Å²) in [4.78, 5) is 0. The minimum Gasteiger partial charge on any atom is -0.394 e. The number of nitrogens with two attached hydrogens (primary N) is 1. The zero-order valence-corrected chi connectivity index (χ0v) is 10.5. The van der Waals surface area contributed by atoms with Crippen LogP contribution in [0.25, 0.3) is 0 Å². The van der Waals surface area contributed by atoms with Crippen molar-refractivity contribution in [2.45, 2.75) is 24.5 Å². The maximum atomic E-state index is 9.54. The molecule has 2 rings (SSSR count). The van der Waals surface area contributed by atoms with E-state index in [1.807, 2.05) is 30.3 Å². The van der Waals surface area contributed by atoms with Crippen molar-refractivity contribution in [1.29, 1.82) is 0 Å². The molecule has 1 fully saturated rings. The molecule has 0 aliphatic carbocycles. The van der Waals surface area contributed by atoms with Crippen LogP contribution in [-0.2, 0) is 15.0 Å². The number of hydrogen-bond acceptors (Lipinski definition) is 4. The summed E-state index contributed by atoms with van der Waals surface area (Å²) in [6.45, 7) is 1.69. The third-order valence-electron chi connectivity index (χ3n) is 3.38. The Labute approximate surface area is 108 Å². The summed E-state index contributed by atoms with van der Waals surface area (Å²) in [5.74, 6) is 0. The first kappa shape index (κ1) is 13.5. The summed E-state index contributed by atoms with van der Waals surface area (Å²) in [6, 6.07) is 9.61. The average Bonchev–Trinajstić information content (AvgIpc) is 2.47. The standard InChI is InChI=1S/C14H21NO3/c15-14(10-16,12-4-2-1-3-5-12)11-18-13-6-8-17-9-7-13/h1-5,13,16H,6-11,15H2. The molecule has 4 heteroatoms. The summed E-state index contributed by atoms with van der Waals surface area (Å²) in [7, 11) is 0. The van der Waals surface area contributed by atoms with Crippen LogP contribution in [0.5, 0.6) is 0 Å². The van der Waals surface area contributed by atoms with Crippen molar-refractivity contribution in [3.63, 3.8) is 0 Å². The Balaban J connectivity index is 1.95. The van der Waals surface area contributed by atoms with E-state index in [4.69, 9.17) is 15.2 Å². The lowest BCUT2D eigenvalue weighted by Gasteiger charge is -2.31. The summed E-state index contributed by atoms with van der Waals surface area (Å²) in [5, 5.41) is 9.54. The van der Waals surface area contributed by atoms with Crippen molar-refractivity contribution in [2.24, 2.45) is 5.73 Å². The molecule has 0 amide bonds. The van der Waals surface area contributed by atoms with E-state index in [0.717, 1.165) is 31.6 Å². The topological polar surface area (TPSA) is 64.7 Å². The van der Waals surface area contributed by atoms with Gasteiger partial charge in [-0.25, -0.2) is 0 Å². The zero-order valence-electron chi connectivity index (χ0n) is 10.5. The van der Waals surface area contributed by atoms with Crippen molar-refractivity contribution in [3.05, 3.63) is 35.9 Å². The lowest BCUT2D eigenvalue weighted by Crippen LogP contribution is -2.46. The van der Waals surface area contributed by atoms with Gasteiger partial charge in [-0.2, -0.15) is 0 Å². The van der Waals surface area contributed by atoms with E-state index in [9.17, 15) is 5.11 Å². The molecule has 1 aliphatic rings. The number of ether oxygens (including phenoxy) is 2. The lowest BCUT2D eigenvalue weighted by atomic mass is 9.93. The Morgan fingerprint density at radius 3 is 2.56 bits per heavy atom. The molecule has 0 aromatic heterocycles. The van der Waals surface area contributed by atoms with Gasteiger partial charge in [0.15, 0.2) is 0 Å². The van der Waals surface area contributed by atoms with Crippen molar-refractivity contribution in [1.82, 2.24) is 0 Å². The van der Waals surface area contributed by atoms with Crippen LogP contribution in [0.4, 0.5) is 0 Å². The molecule has 3 N–H and O–H groups in total. The summed E-state index contributed by atoms with van der Waals surface area (Å²) >= 11 is 0. The van der Waals surface area contributed by atoms with Crippen molar-refractivity contribution in [2.75, 3.05) is 26.4 Å². The van der Waals surface area contributed by atoms with E-state index in [-0.39, 0.29) is 12.7 Å². The van der Waals surface area contributed by atoms with Crippen molar-refractivity contribution in [3.8, 4) is 0 Å². The van der Waals surface area contributed by atoms with E-state index in [1.165, 1.54) is 0 Å². The average molecular weight is 251 g/mol. The molecule has 0 saturated carbocycles. The van der Waals surface area contributed by atoms with Gasteiger partial charge in [0.25, 0.3) is 0 Å². The van der Waals surface area contributed by atoms with Crippen LogP contribution in [-0.4, -0.2) is 37.6 Å². The zero-order chi connectivity index (χ0) is 12.8. The molecular weight excluding hydrogens is 230 g/mol. The van der Waals surface area contributed by atoms with Gasteiger partial charge in [-0.05, 0) is 18.4 Å². The Kier molecular flexibility index (Phi) is 4.72. The minimum atomic E-state index is -0.820. The summed E-state index contributed by atoms with van der Waals surface area (Å²) in [5.41, 5.74) is 6.31. The fourth-order valence-corrected chi connectivity index (χ4v) is 2.10. The molecule has 1 aliphatic heterocycles. The quantitative estimate of drug-likeness (QED) is 0.820. The van der Waals surface area contributed by atoms with Gasteiger partial charge in [0, 0.05) is 13.2 Å². The van der Waals surface area contributed by atoms with Gasteiger partial charge in [-0.3, -0.25) is 0 Å². The molecule has 1 heterocycles. The lowest BCUT2D eigenvalue weighted by molar-refractivity contribution is -0.0543. The normalized spacial score (nSPS) is 20.6. The largest absolute Gasteiger partial charge is 0.394 e. The van der Waals surface area contributed by atoms with Crippen LogP contribution < -0.4 is 5.73 Å². The second-order valence-corrected chi connectivity index (χ2v) is 4.80. The second kappa shape index (κ2) is 6.29. The molecule has 0 bridgehead atoms. The maximum absolute atomic E-state index is 9.54. The molecule has 4 nitrogen and oxygen atoms in total. The first-order chi connectivity index (χ1) is 8.74. The van der Waals surface area contributed by atoms with Gasteiger partial charge >= 0.3 is 0 Å². The van der Waals surface area contributed by atoms with Crippen LogP contribution in [0, 0.1) is 0 Å². The Morgan fingerprint density at radius 1 is 1.28 bits per heavy atom. The van der Waals surface area contributed by atoms with Gasteiger partial charge < -0.3 is 20.3 Å². The van der Waals surface area contributed by atoms with Crippen molar-refractivity contribution < 1.29 is 14.6 Å². The number of rotatable bonds is 5. The molecule has 1 atom stereocenters. The van der Waals surface area contributed by atoms with Gasteiger partial charge in [0.2, 0.25) is 0 Å². The highest BCUT2D eigenvalue weighted by Crippen LogP contribution is 2.20. The van der Waals surface area contributed by atoms with E-state index in [0.29, 0.717) is 6.61 Å². The first-order valence-corrected chi connectivity index (χ1v) is 6.39. The van der Waals surface area contributed by atoms with E-state index >= 15 is 0 Å². The Hall–Kier alpha value is -0.940. The van der Waals surface area contributed by atoms with E-state index < -0.39 is 5.54 Å². The summed E-state index contributed by atoms with van der Waals surface area (Å²) in [6.07, 6.45) is 1.99. The molecule has 0 radical (unpaired) electrons. The Morgan fingerprint density at radius 2 is 1.94 bits per heavy atom. The minimum absolute atomic E-state index is 0.125. The fraction of sp³-hybridized carbons (Fsp3) is 0.571. The maximum Gasteiger partial charge on any atom is 0.0881 e. The Bertz CT molecular complexity index is 351. The fourth-order valence-electron chi connectivity index (χ4n) is 2.10. The van der Waals surface area contributed by atoms with Crippen LogP contribution in [0.3, 0.4) is 0 Å². The third kappa shape index (κ3) is 3.29. The van der Waals surface area contributed by atoms with Crippen LogP contribution >= 0.6 is 0 Å². The predicted molar refractivity (Wildman–Crippen MR) is 69.2 cm³/mol.